The van der Waals surface area contributed by atoms with Gasteiger partial charge in [0.2, 0.25) is 0 Å². The molecule has 68 valence electrons. The van der Waals surface area contributed by atoms with Crippen LogP contribution in [0.3, 0.4) is 0 Å². The van der Waals surface area contributed by atoms with E-state index in [1.807, 2.05) is 30.3 Å². The Labute approximate surface area is 76.9 Å². The number of pyridine rings is 1. The predicted molar refractivity (Wildman–Crippen MR) is 53.3 cm³/mol. The highest BCUT2D eigenvalue weighted by atomic mass is 16.5. The third-order valence-electron chi connectivity index (χ3n) is 1.81. The van der Waals surface area contributed by atoms with Crippen molar-refractivity contribution in [3.8, 4) is 5.75 Å². The van der Waals surface area contributed by atoms with Crippen molar-refractivity contribution in [3.63, 3.8) is 0 Å². The molecule has 3 N–H and O–H groups in total. The Morgan fingerprint density at radius 1 is 1.23 bits per heavy atom. The summed E-state index contributed by atoms with van der Waals surface area (Å²) in [7, 11) is 1.66. The molecule has 2 aromatic rings. The standard InChI is InChI=1S/C10H9NO.H3N/c1-12-9-4-5-10-8(7-9)3-2-6-11-10;/h2-7H,1H3;1H3. The molecule has 0 saturated carbocycles. The molecule has 0 aliphatic rings. The van der Waals surface area contributed by atoms with E-state index < -0.39 is 0 Å². The number of rotatable bonds is 1. The molecule has 3 nitrogen and oxygen atoms in total. The maximum Gasteiger partial charge on any atom is 0.119 e. The van der Waals surface area contributed by atoms with Crippen molar-refractivity contribution in [2.75, 3.05) is 7.11 Å². The normalized spacial score (nSPS) is 9.31. The predicted octanol–water partition coefficient (Wildman–Crippen LogP) is 2.41. The Hall–Kier alpha value is -1.61. The summed E-state index contributed by atoms with van der Waals surface area (Å²) in [5.74, 6) is 0.871. The summed E-state index contributed by atoms with van der Waals surface area (Å²) < 4.78 is 5.09. The molecule has 0 fully saturated rings. The fourth-order valence-electron chi connectivity index (χ4n) is 1.18. The lowest BCUT2D eigenvalue weighted by molar-refractivity contribution is 0.415. The van der Waals surface area contributed by atoms with Gasteiger partial charge in [-0.15, -0.1) is 0 Å². The number of hydrogen-bond acceptors (Lipinski definition) is 3. The second-order valence-electron chi connectivity index (χ2n) is 2.56. The number of methoxy groups -OCH3 is 1. The summed E-state index contributed by atoms with van der Waals surface area (Å²) in [6.07, 6.45) is 1.79. The number of benzene rings is 1. The van der Waals surface area contributed by atoms with Crippen molar-refractivity contribution >= 4 is 10.9 Å². The van der Waals surface area contributed by atoms with Gasteiger partial charge in [-0.2, -0.15) is 0 Å². The number of fused-ring (bicyclic) bond motifs is 1. The second kappa shape index (κ2) is 3.87. The van der Waals surface area contributed by atoms with Gasteiger partial charge in [-0.1, -0.05) is 6.07 Å². The fourth-order valence-corrected chi connectivity index (χ4v) is 1.18. The summed E-state index contributed by atoms with van der Waals surface area (Å²) in [6.45, 7) is 0. The first-order valence-corrected chi connectivity index (χ1v) is 3.79. The summed E-state index contributed by atoms with van der Waals surface area (Å²) in [5.41, 5.74) is 0.998. The molecule has 3 heteroatoms. The van der Waals surface area contributed by atoms with E-state index >= 15 is 0 Å². The molecule has 0 unspecified atom stereocenters. The molecule has 2 rings (SSSR count). The van der Waals surface area contributed by atoms with Crippen LogP contribution in [0.25, 0.3) is 10.9 Å². The van der Waals surface area contributed by atoms with Crippen LogP contribution in [0.2, 0.25) is 0 Å². The van der Waals surface area contributed by atoms with Crippen LogP contribution in [0.5, 0.6) is 5.75 Å². The summed E-state index contributed by atoms with van der Waals surface area (Å²) in [6, 6.07) is 9.78. The molecular formula is C10H12N2O. The van der Waals surface area contributed by atoms with E-state index in [0.717, 1.165) is 16.7 Å². The van der Waals surface area contributed by atoms with Crippen molar-refractivity contribution < 1.29 is 4.74 Å². The van der Waals surface area contributed by atoms with E-state index in [2.05, 4.69) is 4.98 Å². The van der Waals surface area contributed by atoms with Gasteiger partial charge >= 0.3 is 0 Å². The van der Waals surface area contributed by atoms with E-state index in [-0.39, 0.29) is 6.15 Å². The lowest BCUT2D eigenvalue weighted by Gasteiger charge is -2.00. The molecule has 1 heterocycles. The Kier molecular flexibility index (Phi) is 2.82. The van der Waals surface area contributed by atoms with Crippen molar-refractivity contribution in [3.05, 3.63) is 36.5 Å². The number of aromatic nitrogens is 1. The van der Waals surface area contributed by atoms with Gasteiger partial charge in [0.15, 0.2) is 0 Å². The van der Waals surface area contributed by atoms with E-state index in [1.165, 1.54) is 0 Å². The molecule has 13 heavy (non-hydrogen) atoms. The zero-order valence-corrected chi connectivity index (χ0v) is 7.53. The Balaban J connectivity index is 0.000000845. The van der Waals surface area contributed by atoms with Gasteiger partial charge in [0.05, 0.1) is 12.6 Å². The van der Waals surface area contributed by atoms with Gasteiger partial charge in [0.25, 0.3) is 0 Å². The van der Waals surface area contributed by atoms with Crippen LogP contribution in [0, 0.1) is 0 Å². The van der Waals surface area contributed by atoms with Crippen molar-refractivity contribution in [1.29, 1.82) is 0 Å². The van der Waals surface area contributed by atoms with Crippen LogP contribution in [-0.4, -0.2) is 12.1 Å². The van der Waals surface area contributed by atoms with E-state index in [9.17, 15) is 0 Å². The van der Waals surface area contributed by atoms with Crippen molar-refractivity contribution in [2.45, 2.75) is 0 Å². The molecule has 0 bridgehead atoms. The highest BCUT2D eigenvalue weighted by Gasteiger charge is 1.94. The van der Waals surface area contributed by atoms with Crippen LogP contribution >= 0.6 is 0 Å². The van der Waals surface area contributed by atoms with Crippen molar-refractivity contribution in [2.24, 2.45) is 0 Å². The largest absolute Gasteiger partial charge is 0.497 e. The smallest absolute Gasteiger partial charge is 0.119 e. The fraction of sp³-hybridized carbons (Fsp3) is 0.100. The maximum atomic E-state index is 5.09. The van der Waals surface area contributed by atoms with Gasteiger partial charge in [-0.3, -0.25) is 4.98 Å². The minimum Gasteiger partial charge on any atom is -0.497 e. The SMILES string of the molecule is COc1ccc2ncccc2c1.N. The van der Waals surface area contributed by atoms with Gasteiger partial charge in [-0.25, -0.2) is 0 Å². The van der Waals surface area contributed by atoms with Gasteiger partial charge in [0, 0.05) is 11.6 Å². The maximum absolute atomic E-state index is 5.09. The molecule has 1 aromatic heterocycles. The average Bonchev–Trinajstić information content (AvgIpc) is 2.17. The number of ether oxygens (including phenoxy) is 1. The molecule has 0 atom stereocenters. The molecule has 0 aliphatic carbocycles. The summed E-state index contributed by atoms with van der Waals surface area (Å²) in [4.78, 5) is 4.20. The molecule has 0 aliphatic heterocycles. The van der Waals surface area contributed by atoms with Crippen molar-refractivity contribution in [1.82, 2.24) is 11.1 Å². The number of hydrogen-bond donors (Lipinski definition) is 1. The van der Waals surface area contributed by atoms with Crippen LogP contribution in [0.4, 0.5) is 0 Å². The third kappa shape index (κ3) is 1.76. The topological polar surface area (TPSA) is 57.1 Å². The molecule has 0 spiro atoms. The molecule has 0 amide bonds. The minimum atomic E-state index is 0. The molecule has 0 saturated heterocycles. The summed E-state index contributed by atoms with van der Waals surface area (Å²) in [5, 5.41) is 1.11. The molecular weight excluding hydrogens is 164 g/mol. The lowest BCUT2D eigenvalue weighted by atomic mass is 10.2. The lowest BCUT2D eigenvalue weighted by Crippen LogP contribution is -1.82. The van der Waals surface area contributed by atoms with E-state index in [0.29, 0.717) is 0 Å². The van der Waals surface area contributed by atoms with Gasteiger partial charge < -0.3 is 10.9 Å². The van der Waals surface area contributed by atoms with Crippen LogP contribution in [0.15, 0.2) is 36.5 Å². The first-order chi connectivity index (χ1) is 5.90. The molecule has 0 radical (unpaired) electrons. The zero-order chi connectivity index (χ0) is 8.39. The third-order valence-corrected chi connectivity index (χ3v) is 1.81. The van der Waals surface area contributed by atoms with E-state index in [4.69, 9.17) is 4.74 Å². The first kappa shape index (κ1) is 9.48. The van der Waals surface area contributed by atoms with Gasteiger partial charge in [0.1, 0.15) is 5.75 Å². The average molecular weight is 176 g/mol. The Morgan fingerprint density at radius 3 is 2.85 bits per heavy atom. The summed E-state index contributed by atoms with van der Waals surface area (Å²) >= 11 is 0. The molecule has 1 aromatic carbocycles. The second-order valence-corrected chi connectivity index (χ2v) is 2.56. The van der Waals surface area contributed by atoms with Crippen LogP contribution < -0.4 is 10.9 Å². The quantitative estimate of drug-likeness (QED) is 0.725. The number of nitrogens with zero attached hydrogens (tertiary/aromatic N) is 1. The highest BCUT2D eigenvalue weighted by Crippen LogP contribution is 2.17. The minimum absolute atomic E-state index is 0. The van der Waals surface area contributed by atoms with Gasteiger partial charge in [-0.05, 0) is 24.3 Å². The van der Waals surface area contributed by atoms with Crippen LogP contribution in [-0.2, 0) is 0 Å². The van der Waals surface area contributed by atoms with Crippen LogP contribution in [0.1, 0.15) is 0 Å². The zero-order valence-electron chi connectivity index (χ0n) is 7.53. The Bertz CT molecular complexity index is 401. The Morgan fingerprint density at radius 2 is 2.08 bits per heavy atom. The first-order valence-electron chi connectivity index (χ1n) is 3.79. The highest BCUT2D eigenvalue weighted by molar-refractivity contribution is 5.79. The monoisotopic (exact) mass is 176 g/mol. The van der Waals surface area contributed by atoms with E-state index in [1.54, 1.807) is 13.3 Å².